The van der Waals surface area contributed by atoms with Crippen molar-refractivity contribution in [2.24, 2.45) is 0 Å². The van der Waals surface area contributed by atoms with E-state index in [-0.39, 0.29) is 36.6 Å². The first-order valence-electron chi connectivity index (χ1n) is 8.00. The van der Waals surface area contributed by atoms with Crippen molar-refractivity contribution < 1.29 is 4.74 Å². The summed E-state index contributed by atoms with van der Waals surface area (Å²) in [5, 5.41) is 0. The van der Waals surface area contributed by atoms with E-state index in [2.05, 4.69) is 11.1 Å². The third-order valence-electron chi connectivity index (χ3n) is 4.24. The highest BCUT2D eigenvalue weighted by Gasteiger charge is 2.23. The molecule has 1 aliphatic rings. The lowest BCUT2D eigenvalue weighted by molar-refractivity contribution is 0.172. The Balaban J connectivity index is 0.00000156. The van der Waals surface area contributed by atoms with Gasteiger partial charge in [-0.3, -0.25) is 9.47 Å². The molecule has 4 N–H and O–H groups in total. The fourth-order valence-corrected chi connectivity index (χ4v) is 2.99. The summed E-state index contributed by atoms with van der Waals surface area (Å²) in [6.45, 7) is 2.02. The summed E-state index contributed by atoms with van der Waals surface area (Å²) >= 11 is 0. The number of halogens is 2. The van der Waals surface area contributed by atoms with Crippen LogP contribution in [0.5, 0.6) is 5.75 Å². The summed E-state index contributed by atoms with van der Waals surface area (Å²) in [5.74, 6) is 7.60. The first kappa shape index (κ1) is 21.1. The lowest BCUT2D eigenvalue weighted by atomic mass is 9.99. The molecule has 3 rings (SSSR count). The van der Waals surface area contributed by atoms with E-state index >= 15 is 0 Å². The summed E-state index contributed by atoms with van der Waals surface area (Å²) < 4.78 is 7.50. The summed E-state index contributed by atoms with van der Waals surface area (Å²) in [6, 6.07) is 8.01. The fourth-order valence-electron chi connectivity index (χ4n) is 2.99. The molecular formula is C17H24Cl2N4O2. The molecule has 6 nitrogen and oxygen atoms in total. The van der Waals surface area contributed by atoms with Crippen LogP contribution in [0.3, 0.4) is 0 Å². The number of anilines is 1. The van der Waals surface area contributed by atoms with Crippen LogP contribution in [0.15, 0.2) is 29.1 Å². The molecule has 0 spiro atoms. The molecule has 138 valence electrons. The van der Waals surface area contributed by atoms with Gasteiger partial charge in [0.25, 0.3) is 5.56 Å². The van der Waals surface area contributed by atoms with E-state index < -0.39 is 5.56 Å². The maximum absolute atomic E-state index is 12.0. The molecule has 2 aromatic rings. The number of aryl methyl sites for hydroxylation is 2. The number of aromatic nitrogens is 2. The molecule has 0 saturated carbocycles. The van der Waals surface area contributed by atoms with Gasteiger partial charge in [-0.2, -0.15) is 4.98 Å². The number of hydrogen-bond donors (Lipinski definition) is 2. The number of ether oxygens (including phenoxy) is 1. The Hall–Kier alpha value is -1.92. The quantitative estimate of drug-likeness (QED) is 0.785. The van der Waals surface area contributed by atoms with Crippen LogP contribution in [-0.2, 0) is 19.3 Å². The zero-order chi connectivity index (χ0) is 16.4. The van der Waals surface area contributed by atoms with Crippen molar-refractivity contribution in [3.05, 3.63) is 51.7 Å². The van der Waals surface area contributed by atoms with Gasteiger partial charge in [0, 0.05) is 12.8 Å². The fraction of sp³-hybridized carbons (Fsp3) is 0.412. The second kappa shape index (κ2) is 8.97. The smallest absolute Gasteiger partial charge is 0.296 e. The lowest BCUT2D eigenvalue weighted by Crippen LogP contribution is -2.34. The Labute approximate surface area is 159 Å². The molecule has 1 unspecified atom stereocenters. The number of para-hydroxylation sites is 1. The summed E-state index contributed by atoms with van der Waals surface area (Å²) in [7, 11) is 0. The van der Waals surface area contributed by atoms with E-state index in [0.29, 0.717) is 24.4 Å². The lowest BCUT2D eigenvalue weighted by Gasteiger charge is -2.27. The molecule has 0 amide bonds. The van der Waals surface area contributed by atoms with Crippen molar-refractivity contribution in [2.75, 3.05) is 11.6 Å². The minimum absolute atomic E-state index is 0. The van der Waals surface area contributed by atoms with Crippen molar-refractivity contribution in [1.82, 2.24) is 9.66 Å². The van der Waals surface area contributed by atoms with E-state index in [1.165, 1.54) is 10.2 Å². The molecule has 0 saturated heterocycles. The topological polar surface area (TPSA) is 96.2 Å². The van der Waals surface area contributed by atoms with E-state index in [1.807, 2.05) is 25.1 Å². The molecular weight excluding hydrogens is 363 g/mol. The normalized spacial score (nSPS) is 15.3. The van der Waals surface area contributed by atoms with Gasteiger partial charge in [-0.15, -0.1) is 24.8 Å². The molecule has 8 heteroatoms. The maximum atomic E-state index is 12.0. The van der Waals surface area contributed by atoms with Gasteiger partial charge in [-0.25, -0.2) is 0 Å². The van der Waals surface area contributed by atoms with E-state index in [1.54, 1.807) is 0 Å². The first-order valence-corrected chi connectivity index (χ1v) is 8.00. The van der Waals surface area contributed by atoms with Crippen molar-refractivity contribution >= 4 is 30.5 Å². The second-order valence-electron chi connectivity index (χ2n) is 5.90. The number of hydrogen-bond acceptors (Lipinski definition) is 5. The van der Waals surface area contributed by atoms with Crippen molar-refractivity contribution in [1.29, 1.82) is 0 Å². The Morgan fingerprint density at radius 1 is 1.32 bits per heavy atom. The molecule has 0 radical (unpaired) electrons. The van der Waals surface area contributed by atoms with Gasteiger partial charge >= 0.3 is 0 Å². The highest BCUT2D eigenvalue weighted by molar-refractivity contribution is 5.85. The Bertz CT molecular complexity index is 780. The average molecular weight is 387 g/mol. The van der Waals surface area contributed by atoms with Crippen LogP contribution in [0.4, 0.5) is 5.69 Å². The Morgan fingerprint density at radius 3 is 2.76 bits per heavy atom. The van der Waals surface area contributed by atoms with E-state index in [0.717, 1.165) is 25.0 Å². The zero-order valence-electron chi connectivity index (χ0n) is 14.1. The number of nitrogens with two attached hydrogens (primary N) is 2. The van der Waals surface area contributed by atoms with Crippen LogP contribution in [0.2, 0.25) is 0 Å². The van der Waals surface area contributed by atoms with Crippen LogP contribution in [0.1, 0.15) is 36.8 Å². The average Bonchev–Trinajstić information content (AvgIpc) is 2.56. The van der Waals surface area contributed by atoms with Gasteiger partial charge in [0.1, 0.15) is 23.4 Å². The van der Waals surface area contributed by atoms with Gasteiger partial charge in [0.15, 0.2) is 0 Å². The van der Waals surface area contributed by atoms with E-state index in [9.17, 15) is 4.79 Å². The number of nitrogens with zero attached hydrogens (tertiary/aromatic N) is 2. The number of benzene rings is 1. The Kier molecular flexibility index (Phi) is 7.58. The third-order valence-corrected chi connectivity index (χ3v) is 4.24. The zero-order valence-corrected chi connectivity index (χ0v) is 15.7. The molecule has 1 aromatic heterocycles. The number of nitrogen functional groups attached to an aromatic ring is 2. The van der Waals surface area contributed by atoms with Crippen LogP contribution in [-0.4, -0.2) is 15.8 Å². The van der Waals surface area contributed by atoms with Crippen LogP contribution in [0.25, 0.3) is 0 Å². The highest BCUT2D eigenvalue weighted by Crippen LogP contribution is 2.28. The van der Waals surface area contributed by atoms with Gasteiger partial charge in [-0.05, 0) is 30.9 Å². The van der Waals surface area contributed by atoms with E-state index in [4.69, 9.17) is 16.3 Å². The second-order valence-corrected chi connectivity index (χ2v) is 5.90. The third kappa shape index (κ3) is 4.38. The van der Waals surface area contributed by atoms with Gasteiger partial charge in [-0.1, -0.05) is 25.1 Å². The first-order chi connectivity index (χ1) is 11.1. The Morgan fingerprint density at radius 2 is 2.04 bits per heavy atom. The minimum atomic E-state index is -0.402. The molecule has 0 fully saturated rings. The highest BCUT2D eigenvalue weighted by atomic mass is 35.5. The van der Waals surface area contributed by atoms with Crippen molar-refractivity contribution in [2.45, 2.75) is 45.1 Å². The maximum Gasteiger partial charge on any atom is 0.296 e. The molecule has 2 heterocycles. The van der Waals surface area contributed by atoms with Crippen LogP contribution < -0.4 is 21.9 Å². The monoisotopic (exact) mass is 386 g/mol. The van der Waals surface area contributed by atoms with Gasteiger partial charge in [0.05, 0.1) is 5.69 Å². The largest absolute Gasteiger partial charge is 0.490 e. The standard InChI is InChI=1S/C17H22N4O2.2ClH/c1-2-5-15-20-17(22)16(18)13(21(15)19)10-12-9-8-11-6-3-4-7-14(11)23-12;;/h3-4,6-7,12H,2,5,8-10,18-19H2,1H3;2*1H. The van der Waals surface area contributed by atoms with Crippen LogP contribution >= 0.6 is 24.8 Å². The summed E-state index contributed by atoms with van der Waals surface area (Å²) in [5.41, 5.74) is 7.47. The molecule has 1 aromatic carbocycles. The SMILES string of the molecule is CCCc1nc(=O)c(N)c(CC2CCc3ccccc3O2)n1N.Cl.Cl. The molecule has 0 bridgehead atoms. The molecule has 0 aliphatic carbocycles. The summed E-state index contributed by atoms with van der Waals surface area (Å²) in [4.78, 5) is 16.0. The predicted molar refractivity (Wildman–Crippen MR) is 104 cm³/mol. The van der Waals surface area contributed by atoms with Crippen molar-refractivity contribution in [3.8, 4) is 5.75 Å². The summed E-state index contributed by atoms with van der Waals surface area (Å²) in [6.07, 6.45) is 3.79. The van der Waals surface area contributed by atoms with Crippen LogP contribution in [0, 0.1) is 0 Å². The van der Waals surface area contributed by atoms with Gasteiger partial charge in [0.2, 0.25) is 0 Å². The molecule has 1 atom stereocenters. The minimum Gasteiger partial charge on any atom is -0.490 e. The predicted octanol–water partition coefficient (Wildman–Crippen LogP) is 2.27. The number of fused-ring (bicyclic) bond motifs is 1. The van der Waals surface area contributed by atoms with Crippen molar-refractivity contribution in [3.63, 3.8) is 0 Å². The molecule has 1 aliphatic heterocycles. The van der Waals surface area contributed by atoms with Gasteiger partial charge < -0.3 is 16.3 Å². The number of rotatable bonds is 4. The molecule has 25 heavy (non-hydrogen) atoms.